The van der Waals surface area contributed by atoms with Crippen molar-refractivity contribution in [3.05, 3.63) is 16.5 Å². The molecule has 0 radical (unpaired) electrons. The molecule has 0 spiro atoms. The van der Waals surface area contributed by atoms with Gasteiger partial charge in [0.2, 0.25) is 0 Å². The summed E-state index contributed by atoms with van der Waals surface area (Å²) in [5.41, 5.74) is 0. The van der Waals surface area contributed by atoms with E-state index < -0.39 is 0 Å². The van der Waals surface area contributed by atoms with Crippen molar-refractivity contribution >= 4 is 21.7 Å². The maximum atomic E-state index is 8.96. The Bertz CT molecular complexity index is 360. The first-order valence-corrected chi connectivity index (χ1v) is 7.37. The van der Waals surface area contributed by atoms with Crippen LogP contribution in [-0.2, 0) is 6.42 Å². The summed E-state index contributed by atoms with van der Waals surface area (Å²) in [7, 11) is 0. The molecule has 0 aliphatic carbocycles. The molecule has 0 amide bonds. The summed E-state index contributed by atoms with van der Waals surface area (Å²) in [5, 5.41) is 12.3. The average Bonchev–Trinajstić information content (AvgIpc) is 2.34. The number of aliphatic hydroxyl groups is 1. The number of anilines is 1. The second kappa shape index (κ2) is 8.43. The lowest BCUT2D eigenvalue weighted by Gasteiger charge is -2.15. The number of rotatable bonds is 8. The third-order valence-corrected chi connectivity index (χ3v) is 3.31. The fourth-order valence-electron chi connectivity index (χ4n) is 1.77. The van der Waals surface area contributed by atoms with Crippen LogP contribution in [0.25, 0.3) is 0 Å². The second-order valence-corrected chi connectivity index (χ2v) is 5.22. The van der Waals surface area contributed by atoms with E-state index in [9.17, 15) is 0 Å². The maximum absolute atomic E-state index is 8.96. The molecule has 4 nitrogen and oxygen atoms in total. The first-order chi connectivity index (χ1) is 8.69. The molecule has 0 saturated carbocycles. The Kier molecular flexibility index (Phi) is 7.20. The second-order valence-electron chi connectivity index (χ2n) is 4.41. The SMILES string of the molecule is CCCc1nc(Br)cc(NCC(CC)CCO)n1. The summed E-state index contributed by atoms with van der Waals surface area (Å²) in [6.45, 7) is 5.34. The Morgan fingerprint density at radius 2 is 2.17 bits per heavy atom. The highest BCUT2D eigenvalue weighted by Gasteiger charge is 2.07. The molecule has 2 N–H and O–H groups in total. The fraction of sp³-hybridized carbons (Fsp3) is 0.692. The van der Waals surface area contributed by atoms with Crippen LogP contribution in [0, 0.1) is 5.92 Å². The lowest BCUT2D eigenvalue weighted by molar-refractivity contribution is 0.258. The van der Waals surface area contributed by atoms with Crippen LogP contribution in [0.4, 0.5) is 5.82 Å². The number of halogens is 1. The van der Waals surface area contributed by atoms with Crippen LogP contribution in [0.2, 0.25) is 0 Å². The van der Waals surface area contributed by atoms with Gasteiger partial charge in [0, 0.05) is 25.6 Å². The molecule has 5 heteroatoms. The molecule has 0 aromatic carbocycles. The molecule has 0 aliphatic heterocycles. The van der Waals surface area contributed by atoms with Crippen molar-refractivity contribution in [3.8, 4) is 0 Å². The van der Waals surface area contributed by atoms with Gasteiger partial charge in [-0.3, -0.25) is 0 Å². The topological polar surface area (TPSA) is 58.0 Å². The van der Waals surface area contributed by atoms with Gasteiger partial charge in [-0.1, -0.05) is 20.3 Å². The van der Waals surface area contributed by atoms with E-state index in [2.05, 4.69) is 45.1 Å². The van der Waals surface area contributed by atoms with Gasteiger partial charge in [-0.05, 0) is 34.7 Å². The van der Waals surface area contributed by atoms with Crippen molar-refractivity contribution in [3.63, 3.8) is 0 Å². The van der Waals surface area contributed by atoms with Gasteiger partial charge in [-0.15, -0.1) is 0 Å². The van der Waals surface area contributed by atoms with Crippen LogP contribution in [0.1, 0.15) is 38.9 Å². The zero-order valence-corrected chi connectivity index (χ0v) is 12.7. The lowest BCUT2D eigenvalue weighted by Crippen LogP contribution is -2.16. The standard InChI is InChI=1S/C13H22BrN3O/c1-3-5-12-16-11(14)8-13(17-12)15-9-10(4-2)6-7-18/h8,10,18H,3-7,9H2,1-2H3,(H,15,16,17). The lowest BCUT2D eigenvalue weighted by atomic mass is 10.0. The van der Waals surface area contributed by atoms with Gasteiger partial charge >= 0.3 is 0 Å². The fourth-order valence-corrected chi connectivity index (χ4v) is 2.19. The largest absolute Gasteiger partial charge is 0.396 e. The van der Waals surface area contributed by atoms with E-state index >= 15 is 0 Å². The smallest absolute Gasteiger partial charge is 0.132 e. The zero-order chi connectivity index (χ0) is 13.4. The van der Waals surface area contributed by atoms with Gasteiger partial charge < -0.3 is 10.4 Å². The molecule has 1 atom stereocenters. The minimum absolute atomic E-state index is 0.245. The summed E-state index contributed by atoms with van der Waals surface area (Å²) in [6, 6.07) is 1.89. The van der Waals surface area contributed by atoms with Crippen molar-refractivity contribution in [2.75, 3.05) is 18.5 Å². The third-order valence-electron chi connectivity index (χ3n) is 2.90. The van der Waals surface area contributed by atoms with E-state index in [4.69, 9.17) is 5.11 Å². The summed E-state index contributed by atoms with van der Waals surface area (Å²) in [4.78, 5) is 8.81. The van der Waals surface area contributed by atoms with Gasteiger partial charge in [0.25, 0.3) is 0 Å². The van der Waals surface area contributed by atoms with Crippen molar-refractivity contribution in [2.45, 2.75) is 39.5 Å². The Morgan fingerprint density at radius 3 is 2.78 bits per heavy atom. The van der Waals surface area contributed by atoms with E-state index in [1.165, 1.54) is 0 Å². The zero-order valence-electron chi connectivity index (χ0n) is 11.1. The Hall–Kier alpha value is -0.680. The van der Waals surface area contributed by atoms with Gasteiger partial charge in [0.15, 0.2) is 0 Å². The first-order valence-electron chi connectivity index (χ1n) is 6.57. The summed E-state index contributed by atoms with van der Waals surface area (Å²) in [5.74, 6) is 2.21. The molecule has 1 heterocycles. The molecule has 1 rings (SSSR count). The normalized spacial score (nSPS) is 12.4. The predicted molar refractivity (Wildman–Crippen MR) is 77.7 cm³/mol. The maximum Gasteiger partial charge on any atom is 0.132 e. The van der Waals surface area contributed by atoms with Crippen molar-refractivity contribution in [1.29, 1.82) is 0 Å². The Morgan fingerprint density at radius 1 is 1.39 bits per heavy atom. The van der Waals surface area contributed by atoms with Gasteiger partial charge in [0.1, 0.15) is 16.2 Å². The van der Waals surface area contributed by atoms with Crippen LogP contribution in [-0.4, -0.2) is 28.2 Å². The molecule has 0 bridgehead atoms. The van der Waals surface area contributed by atoms with Gasteiger partial charge in [-0.25, -0.2) is 9.97 Å². The van der Waals surface area contributed by atoms with E-state index in [1.807, 2.05) is 6.07 Å². The molecule has 0 fully saturated rings. The Labute approximate surface area is 117 Å². The highest BCUT2D eigenvalue weighted by atomic mass is 79.9. The predicted octanol–water partition coefficient (Wildman–Crippen LogP) is 3.01. The molecular formula is C13H22BrN3O. The van der Waals surface area contributed by atoms with Gasteiger partial charge in [0.05, 0.1) is 0 Å². The number of hydrogen-bond donors (Lipinski definition) is 2. The van der Waals surface area contributed by atoms with E-state index in [0.717, 1.165) is 48.5 Å². The number of hydrogen-bond acceptors (Lipinski definition) is 4. The quantitative estimate of drug-likeness (QED) is 0.724. The molecule has 0 saturated heterocycles. The number of nitrogens with one attached hydrogen (secondary N) is 1. The van der Waals surface area contributed by atoms with Crippen LogP contribution < -0.4 is 5.32 Å². The summed E-state index contributed by atoms with van der Waals surface area (Å²) >= 11 is 3.41. The van der Waals surface area contributed by atoms with Crippen molar-refractivity contribution < 1.29 is 5.11 Å². The molecule has 0 aliphatic rings. The number of aliphatic hydroxyl groups excluding tert-OH is 1. The van der Waals surface area contributed by atoms with Gasteiger partial charge in [-0.2, -0.15) is 0 Å². The molecule has 102 valence electrons. The molecular weight excluding hydrogens is 294 g/mol. The van der Waals surface area contributed by atoms with Crippen LogP contribution >= 0.6 is 15.9 Å². The minimum atomic E-state index is 0.245. The van der Waals surface area contributed by atoms with Crippen LogP contribution in [0.15, 0.2) is 10.7 Å². The third kappa shape index (κ3) is 5.31. The summed E-state index contributed by atoms with van der Waals surface area (Å²) in [6.07, 6.45) is 3.82. The first kappa shape index (κ1) is 15.4. The van der Waals surface area contributed by atoms with Crippen molar-refractivity contribution in [1.82, 2.24) is 9.97 Å². The highest BCUT2D eigenvalue weighted by Crippen LogP contribution is 2.15. The summed E-state index contributed by atoms with van der Waals surface area (Å²) < 4.78 is 0.818. The number of aromatic nitrogens is 2. The number of aryl methyl sites for hydroxylation is 1. The molecule has 18 heavy (non-hydrogen) atoms. The van der Waals surface area contributed by atoms with E-state index in [1.54, 1.807) is 0 Å². The molecule has 1 aromatic heterocycles. The van der Waals surface area contributed by atoms with Crippen molar-refractivity contribution in [2.24, 2.45) is 5.92 Å². The average molecular weight is 316 g/mol. The van der Waals surface area contributed by atoms with E-state index in [0.29, 0.717) is 5.92 Å². The van der Waals surface area contributed by atoms with Crippen LogP contribution in [0.3, 0.4) is 0 Å². The molecule has 1 aromatic rings. The van der Waals surface area contributed by atoms with E-state index in [-0.39, 0.29) is 6.61 Å². The minimum Gasteiger partial charge on any atom is -0.396 e. The van der Waals surface area contributed by atoms with Crippen LogP contribution in [0.5, 0.6) is 0 Å². The molecule has 1 unspecified atom stereocenters. The number of nitrogens with zero attached hydrogens (tertiary/aromatic N) is 2. The Balaban J connectivity index is 2.60. The monoisotopic (exact) mass is 315 g/mol. The highest BCUT2D eigenvalue weighted by molar-refractivity contribution is 9.10.